The van der Waals surface area contributed by atoms with Gasteiger partial charge in [-0.05, 0) is 40.4 Å². The van der Waals surface area contributed by atoms with Crippen molar-refractivity contribution >= 4 is 39.9 Å². The van der Waals surface area contributed by atoms with E-state index in [0.717, 1.165) is 21.9 Å². The van der Waals surface area contributed by atoms with Gasteiger partial charge in [-0.1, -0.05) is 72.8 Å². The van der Waals surface area contributed by atoms with Crippen molar-refractivity contribution in [2.24, 2.45) is 15.0 Å². The van der Waals surface area contributed by atoms with Crippen LogP contribution in [0.25, 0.3) is 21.5 Å². The Morgan fingerprint density at radius 1 is 0.630 bits per heavy atom. The Bertz CT molecular complexity index is 1200. The molecule has 130 valence electrons. The molecular formula is C24H19N3. The van der Waals surface area contributed by atoms with E-state index < -0.39 is 0 Å². The summed E-state index contributed by atoms with van der Waals surface area (Å²) in [5, 5.41) is 4.68. The van der Waals surface area contributed by atoms with Crippen molar-refractivity contribution in [3.8, 4) is 0 Å². The molecule has 0 saturated heterocycles. The predicted molar refractivity (Wildman–Crippen MR) is 116 cm³/mol. The smallest absolute Gasteiger partial charge is 0.161 e. The molecule has 0 aliphatic carbocycles. The van der Waals surface area contributed by atoms with Crippen molar-refractivity contribution in [1.82, 2.24) is 0 Å². The minimum Gasteiger partial charge on any atom is -0.270 e. The number of hydrogen-bond donors (Lipinski definition) is 0. The zero-order chi connectivity index (χ0) is 18.6. The van der Waals surface area contributed by atoms with Crippen molar-refractivity contribution in [2.45, 2.75) is 0 Å². The zero-order valence-electron chi connectivity index (χ0n) is 15.1. The number of rotatable bonds is 2. The fourth-order valence-corrected chi connectivity index (χ4v) is 3.19. The van der Waals surface area contributed by atoms with Crippen LogP contribution in [0.5, 0.6) is 0 Å². The lowest BCUT2D eigenvalue weighted by molar-refractivity contribution is 1.38. The topological polar surface area (TPSA) is 37.1 Å². The Morgan fingerprint density at radius 2 is 1.11 bits per heavy atom. The van der Waals surface area contributed by atoms with Crippen LogP contribution in [0.4, 0.5) is 0 Å². The molecule has 0 atom stereocenters. The summed E-state index contributed by atoms with van der Waals surface area (Å²) in [7, 11) is 1.75. The first-order valence-electron chi connectivity index (χ1n) is 8.79. The highest BCUT2D eigenvalue weighted by Gasteiger charge is 2.08. The minimum atomic E-state index is 0.564. The van der Waals surface area contributed by atoms with Crippen LogP contribution in [-0.4, -0.2) is 25.4 Å². The second-order valence-corrected chi connectivity index (χ2v) is 6.26. The van der Waals surface area contributed by atoms with E-state index in [1.165, 1.54) is 10.8 Å². The Labute approximate surface area is 158 Å². The van der Waals surface area contributed by atoms with Gasteiger partial charge in [-0.2, -0.15) is 0 Å². The van der Waals surface area contributed by atoms with Gasteiger partial charge in [-0.15, -0.1) is 0 Å². The number of nitrogens with zero attached hydrogens (tertiary/aromatic N) is 3. The third-order valence-corrected chi connectivity index (χ3v) is 4.59. The Morgan fingerprint density at radius 3 is 1.59 bits per heavy atom. The largest absolute Gasteiger partial charge is 0.270 e. The lowest BCUT2D eigenvalue weighted by atomic mass is 10.1. The Balaban J connectivity index is 1.77. The first-order chi connectivity index (χ1) is 13.3. The highest BCUT2D eigenvalue weighted by atomic mass is 15.0. The number of aliphatic imine (C=N–C) groups is 3. The Hall–Kier alpha value is -3.59. The van der Waals surface area contributed by atoms with E-state index in [0.29, 0.717) is 11.7 Å². The molecule has 4 aromatic rings. The Kier molecular flexibility index (Phi) is 4.58. The van der Waals surface area contributed by atoms with Gasteiger partial charge in [0.2, 0.25) is 0 Å². The van der Waals surface area contributed by atoms with E-state index in [-0.39, 0.29) is 0 Å². The van der Waals surface area contributed by atoms with Gasteiger partial charge in [-0.25, -0.2) is 9.98 Å². The second-order valence-electron chi connectivity index (χ2n) is 6.26. The fourth-order valence-electron chi connectivity index (χ4n) is 3.19. The van der Waals surface area contributed by atoms with Gasteiger partial charge in [0, 0.05) is 18.2 Å². The molecule has 0 bridgehead atoms. The summed E-state index contributed by atoms with van der Waals surface area (Å²) >= 11 is 0. The summed E-state index contributed by atoms with van der Waals surface area (Å²) in [4.78, 5) is 13.2. The number of benzene rings is 4. The molecule has 0 radical (unpaired) electrons. The molecule has 0 aliphatic rings. The molecule has 4 aromatic carbocycles. The average Bonchev–Trinajstić information content (AvgIpc) is 2.74. The van der Waals surface area contributed by atoms with Crippen molar-refractivity contribution in [1.29, 1.82) is 0 Å². The molecule has 0 saturated carbocycles. The van der Waals surface area contributed by atoms with Crippen LogP contribution in [0.3, 0.4) is 0 Å². The van der Waals surface area contributed by atoms with E-state index in [2.05, 4.69) is 65.2 Å². The third kappa shape index (κ3) is 3.40. The molecule has 3 heteroatoms. The van der Waals surface area contributed by atoms with E-state index in [1.807, 2.05) is 36.4 Å². The number of hydrogen-bond acceptors (Lipinski definition) is 1. The summed E-state index contributed by atoms with van der Waals surface area (Å²) in [6.07, 6.45) is 0. The molecule has 0 aromatic heterocycles. The van der Waals surface area contributed by atoms with Gasteiger partial charge in [0.15, 0.2) is 11.7 Å². The molecule has 4 rings (SSSR count). The van der Waals surface area contributed by atoms with E-state index in [4.69, 9.17) is 4.99 Å². The van der Waals surface area contributed by atoms with Crippen LogP contribution in [-0.2, 0) is 0 Å². The second kappa shape index (κ2) is 7.34. The molecule has 0 spiro atoms. The van der Waals surface area contributed by atoms with Crippen molar-refractivity contribution in [2.75, 3.05) is 7.05 Å². The molecule has 0 heterocycles. The van der Waals surface area contributed by atoms with Gasteiger partial charge in [0.1, 0.15) is 0 Å². The number of amidine groups is 2. The van der Waals surface area contributed by atoms with Crippen LogP contribution in [0.2, 0.25) is 0 Å². The maximum Gasteiger partial charge on any atom is 0.161 e. The summed E-state index contributed by atoms with van der Waals surface area (Å²) in [6.45, 7) is 3.71. The molecule has 0 aliphatic heterocycles. The average molecular weight is 349 g/mol. The third-order valence-electron chi connectivity index (χ3n) is 4.59. The highest BCUT2D eigenvalue weighted by molar-refractivity contribution is 6.14. The molecular weight excluding hydrogens is 330 g/mol. The normalized spacial score (nSPS) is 12.5. The van der Waals surface area contributed by atoms with Gasteiger partial charge in [0.25, 0.3) is 0 Å². The first-order valence-corrected chi connectivity index (χ1v) is 8.79. The lowest BCUT2D eigenvalue weighted by Crippen LogP contribution is -2.05. The maximum atomic E-state index is 4.70. The van der Waals surface area contributed by atoms with Gasteiger partial charge < -0.3 is 0 Å². The summed E-state index contributed by atoms with van der Waals surface area (Å²) in [5.74, 6) is 1.20. The van der Waals surface area contributed by atoms with E-state index >= 15 is 0 Å². The van der Waals surface area contributed by atoms with Crippen LogP contribution < -0.4 is 0 Å². The van der Waals surface area contributed by atoms with Gasteiger partial charge in [-0.3, -0.25) is 4.99 Å². The molecule has 0 fully saturated rings. The number of fused-ring (bicyclic) bond motifs is 2. The first kappa shape index (κ1) is 16.9. The summed E-state index contributed by atoms with van der Waals surface area (Å²) < 4.78 is 0. The molecule has 3 nitrogen and oxygen atoms in total. The van der Waals surface area contributed by atoms with Crippen LogP contribution in [0, 0.1) is 0 Å². The quantitative estimate of drug-likeness (QED) is 0.338. The van der Waals surface area contributed by atoms with Crippen molar-refractivity contribution in [3.63, 3.8) is 0 Å². The highest BCUT2D eigenvalue weighted by Crippen LogP contribution is 2.19. The summed E-state index contributed by atoms with van der Waals surface area (Å²) in [6, 6.07) is 28.9. The summed E-state index contributed by atoms with van der Waals surface area (Å²) in [5.41, 5.74) is 1.88. The molecule has 27 heavy (non-hydrogen) atoms. The molecule has 0 amide bonds. The molecule has 0 unspecified atom stereocenters. The van der Waals surface area contributed by atoms with Crippen LogP contribution in [0.1, 0.15) is 11.1 Å². The van der Waals surface area contributed by atoms with Gasteiger partial charge in [0.05, 0.1) is 0 Å². The molecule has 0 N–H and O–H groups in total. The lowest BCUT2D eigenvalue weighted by Gasteiger charge is -2.07. The van der Waals surface area contributed by atoms with Crippen molar-refractivity contribution in [3.05, 3.63) is 96.1 Å². The fraction of sp³-hybridized carbons (Fsp3) is 0.0417. The van der Waals surface area contributed by atoms with Crippen LogP contribution >= 0.6 is 0 Å². The zero-order valence-corrected chi connectivity index (χ0v) is 15.1. The van der Waals surface area contributed by atoms with E-state index in [9.17, 15) is 0 Å². The van der Waals surface area contributed by atoms with Crippen LogP contribution in [0.15, 0.2) is 99.9 Å². The SMILES string of the molecule is C=N/C(=N\C(=N/C)c1ccc2ccccc2c1)c1ccc2ccccc2c1. The van der Waals surface area contributed by atoms with E-state index in [1.54, 1.807) is 7.05 Å². The predicted octanol–water partition coefficient (Wildman–Crippen LogP) is 5.52. The van der Waals surface area contributed by atoms with Gasteiger partial charge >= 0.3 is 0 Å². The monoisotopic (exact) mass is 349 g/mol. The minimum absolute atomic E-state index is 0.564. The van der Waals surface area contributed by atoms with Crippen molar-refractivity contribution < 1.29 is 0 Å². The maximum absolute atomic E-state index is 4.70. The standard InChI is InChI=1S/C24H19N3/c1-25-23(21-13-11-17-7-3-5-9-19(17)15-21)27-24(26-2)22-14-12-18-8-4-6-10-20(18)16-22/h3-16H,1H2,2H3/b26-24-,27-23-.